The highest BCUT2D eigenvalue weighted by atomic mass is 19.1. The van der Waals surface area contributed by atoms with Crippen molar-refractivity contribution >= 4 is 23.5 Å². The molecule has 7 nitrogen and oxygen atoms in total. The molecule has 198 valence electrons. The number of ketones is 2. The Morgan fingerprint density at radius 1 is 1.14 bits per heavy atom. The van der Waals surface area contributed by atoms with Crippen molar-refractivity contribution in [2.24, 2.45) is 34.5 Å². The summed E-state index contributed by atoms with van der Waals surface area (Å²) in [6.07, 6.45) is 3.54. The number of ether oxygens (including phenoxy) is 2. The number of carbonyl (C=O) groups is 4. The van der Waals surface area contributed by atoms with Gasteiger partial charge in [-0.15, -0.1) is 0 Å². The molecule has 4 aliphatic carbocycles. The summed E-state index contributed by atoms with van der Waals surface area (Å²) in [6.45, 7) is 8.13. The minimum Gasteiger partial charge on any atom is -0.462 e. The van der Waals surface area contributed by atoms with E-state index >= 15 is 4.39 Å². The molecule has 0 amide bonds. The van der Waals surface area contributed by atoms with Crippen molar-refractivity contribution in [3.63, 3.8) is 0 Å². The van der Waals surface area contributed by atoms with Crippen LogP contribution in [-0.4, -0.2) is 53.1 Å². The predicted molar refractivity (Wildman–Crippen MR) is 128 cm³/mol. The fourth-order valence-electron chi connectivity index (χ4n) is 8.22. The molecule has 0 unspecified atom stereocenters. The van der Waals surface area contributed by atoms with Crippen LogP contribution < -0.4 is 0 Å². The van der Waals surface area contributed by atoms with Crippen molar-refractivity contribution in [2.45, 2.75) is 84.6 Å². The SMILES string of the molecule is CCC(=O)O[C@H]1C[C@@]2(C)[C@@H](C[C@@H](C)[C@]2(OC(=O)CC)C(=O)CO)[C@@H]2C[C@H](F)C3=CC(=O)C=C[C@]3(C)[C@H]21. The normalized spacial score (nSPS) is 43.1. The van der Waals surface area contributed by atoms with E-state index in [1.165, 1.54) is 12.2 Å². The third-order valence-electron chi connectivity index (χ3n) is 9.69. The van der Waals surface area contributed by atoms with Gasteiger partial charge in [-0.2, -0.15) is 0 Å². The number of halogens is 1. The predicted octanol–water partition coefficient (Wildman–Crippen LogP) is 3.67. The van der Waals surface area contributed by atoms with Crippen LogP contribution in [0.3, 0.4) is 0 Å². The van der Waals surface area contributed by atoms with Gasteiger partial charge in [-0.25, -0.2) is 4.39 Å². The lowest BCUT2D eigenvalue weighted by atomic mass is 9.45. The highest BCUT2D eigenvalue weighted by Gasteiger charge is 2.73. The van der Waals surface area contributed by atoms with Crippen LogP contribution in [0, 0.1) is 34.5 Å². The first kappa shape index (κ1) is 26.7. The number of aliphatic hydroxyl groups excluding tert-OH is 1. The van der Waals surface area contributed by atoms with Crippen molar-refractivity contribution < 1.29 is 38.1 Å². The van der Waals surface area contributed by atoms with Crippen molar-refractivity contribution in [3.05, 3.63) is 23.8 Å². The Balaban J connectivity index is 1.89. The summed E-state index contributed by atoms with van der Waals surface area (Å²) in [5.41, 5.74) is -3.03. The monoisotopic (exact) mass is 504 g/mol. The molecular formula is C28H37FO7. The van der Waals surface area contributed by atoms with Gasteiger partial charge < -0.3 is 14.6 Å². The minimum absolute atomic E-state index is 0.0613. The van der Waals surface area contributed by atoms with E-state index in [4.69, 9.17) is 9.47 Å². The van der Waals surface area contributed by atoms with Gasteiger partial charge in [0.05, 0.1) is 0 Å². The number of fused-ring (bicyclic) bond motifs is 5. The molecule has 0 aromatic rings. The van der Waals surface area contributed by atoms with Crippen LogP contribution in [0.25, 0.3) is 0 Å². The van der Waals surface area contributed by atoms with Gasteiger partial charge in [0, 0.05) is 35.5 Å². The second kappa shape index (κ2) is 9.19. The largest absolute Gasteiger partial charge is 0.462 e. The number of allylic oxidation sites excluding steroid dienone is 4. The van der Waals surface area contributed by atoms with Crippen molar-refractivity contribution in [1.82, 2.24) is 0 Å². The van der Waals surface area contributed by atoms with Crippen molar-refractivity contribution in [1.29, 1.82) is 0 Å². The standard InChI is InChI=1S/C28H37FO7/c1-6-23(33)35-21-13-27(5)18(10-15(3)28(27,22(32)14-30)36-24(34)7-2)17-12-20(29)19-11-16(31)8-9-26(19,4)25(17)21/h8-9,11,15,17-18,20-21,25,30H,6-7,10,12-14H2,1-5H3/t15-,17+,18+,20+,21+,25-,26+,27+,28+/m1/s1. The maximum Gasteiger partial charge on any atom is 0.306 e. The Morgan fingerprint density at radius 2 is 1.81 bits per heavy atom. The molecule has 9 atom stereocenters. The molecule has 0 aromatic heterocycles. The third kappa shape index (κ3) is 3.62. The van der Waals surface area contributed by atoms with Gasteiger partial charge in [-0.3, -0.25) is 19.2 Å². The van der Waals surface area contributed by atoms with Crippen LogP contribution in [0.5, 0.6) is 0 Å². The number of rotatable bonds is 6. The van der Waals surface area contributed by atoms with Crippen LogP contribution >= 0.6 is 0 Å². The molecule has 4 rings (SSSR count). The lowest BCUT2D eigenvalue weighted by Crippen LogP contribution is -2.65. The average molecular weight is 505 g/mol. The maximum absolute atomic E-state index is 15.8. The zero-order chi connectivity index (χ0) is 26.6. The first-order valence-electron chi connectivity index (χ1n) is 13.0. The van der Waals surface area contributed by atoms with Crippen LogP contribution in [0.4, 0.5) is 4.39 Å². The molecule has 0 aromatic carbocycles. The average Bonchev–Trinajstić information content (AvgIpc) is 3.06. The number of carbonyl (C=O) groups excluding carboxylic acids is 4. The summed E-state index contributed by atoms with van der Waals surface area (Å²) in [7, 11) is 0. The first-order chi connectivity index (χ1) is 16.9. The van der Waals surface area contributed by atoms with Gasteiger partial charge in [-0.1, -0.05) is 40.7 Å². The zero-order valence-electron chi connectivity index (χ0n) is 21.7. The highest BCUT2D eigenvalue weighted by Crippen LogP contribution is 2.69. The summed E-state index contributed by atoms with van der Waals surface area (Å²) in [5, 5.41) is 9.98. The van der Waals surface area contributed by atoms with E-state index < -0.39 is 59.0 Å². The van der Waals surface area contributed by atoms with E-state index in [9.17, 15) is 24.3 Å². The van der Waals surface area contributed by atoms with E-state index in [2.05, 4.69) is 0 Å². The van der Waals surface area contributed by atoms with Crippen LogP contribution in [0.15, 0.2) is 23.8 Å². The Hall–Kier alpha value is -2.35. The number of aliphatic hydroxyl groups is 1. The van der Waals surface area contributed by atoms with Crippen LogP contribution in [0.2, 0.25) is 0 Å². The highest BCUT2D eigenvalue weighted by molar-refractivity contribution is 6.01. The molecule has 0 aliphatic heterocycles. The lowest BCUT2D eigenvalue weighted by molar-refractivity contribution is -0.211. The van der Waals surface area contributed by atoms with Crippen molar-refractivity contribution in [3.8, 4) is 0 Å². The van der Waals surface area contributed by atoms with E-state index in [0.29, 0.717) is 12.0 Å². The Labute approximate surface area is 211 Å². The summed E-state index contributed by atoms with van der Waals surface area (Å²) < 4.78 is 27.7. The fraction of sp³-hybridized carbons (Fsp3) is 0.714. The van der Waals surface area contributed by atoms with Gasteiger partial charge in [-0.05, 0) is 48.8 Å². The maximum atomic E-state index is 15.8. The minimum atomic E-state index is -1.61. The van der Waals surface area contributed by atoms with E-state index in [-0.39, 0.29) is 49.2 Å². The van der Waals surface area contributed by atoms with Gasteiger partial charge in [0.15, 0.2) is 11.4 Å². The topological polar surface area (TPSA) is 107 Å². The van der Waals surface area contributed by atoms with Gasteiger partial charge >= 0.3 is 11.9 Å². The number of esters is 2. The first-order valence-corrected chi connectivity index (χ1v) is 13.0. The third-order valence-corrected chi connectivity index (χ3v) is 9.69. The molecule has 0 radical (unpaired) electrons. The molecule has 3 saturated carbocycles. The molecule has 0 bridgehead atoms. The van der Waals surface area contributed by atoms with Gasteiger partial charge in [0.2, 0.25) is 5.78 Å². The number of Topliss-reactive ketones (excluding diaryl/α,β-unsaturated/α-hetero) is 1. The molecule has 1 N–H and O–H groups in total. The molecule has 0 heterocycles. The lowest BCUT2D eigenvalue weighted by Gasteiger charge is -2.60. The van der Waals surface area contributed by atoms with E-state index in [1.54, 1.807) is 19.9 Å². The molecule has 8 heteroatoms. The fourth-order valence-corrected chi connectivity index (χ4v) is 8.22. The van der Waals surface area contributed by atoms with Crippen LogP contribution in [0.1, 0.15) is 66.7 Å². The Morgan fingerprint density at radius 3 is 2.42 bits per heavy atom. The quantitative estimate of drug-likeness (QED) is 0.550. The van der Waals surface area contributed by atoms with Crippen LogP contribution in [-0.2, 0) is 28.7 Å². The molecule has 3 fully saturated rings. The Bertz CT molecular complexity index is 1030. The molecule has 0 spiro atoms. The molecule has 0 saturated heterocycles. The number of hydrogen-bond donors (Lipinski definition) is 1. The molecule has 4 aliphatic rings. The summed E-state index contributed by atoms with van der Waals surface area (Å²) in [4.78, 5) is 50.8. The zero-order valence-corrected chi connectivity index (χ0v) is 21.7. The smallest absolute Gasteiger partial charge is 0.306 e. The second-order valence-corrected chi connectivity index (χ2v) is 11.4. The van der Waals surface area contributed by atoms with Gasteiger partial charge in [0.1, 0.15) is 18.9 Å². The van der Waals surface area contributed by atoms with Crippen molar-refractivity contribution in [2.75, 3.05) is 6.61 Å². The molecular weight excluding hydrogens is 467 g/mol. The van der Waals surface area contributed by atoms with Gasteiger partial charge in [0.25, 0.3) is 0 Å². The number of hydrogen-bond acceptors (Lipinski definition) is 7. The summed E-state index contributed by atoms with van der Waals surface area (Å²) >= 11 is 0. The summed E-state index contributed by atoms with van der Waals surface area (Å²) in [6, 6.07) is 0. The Kier molecular flexibility index (Phi) is 6.82. The summed E-state index contributed by atoms with van der Waals surface area (Å²) in [5.74, 6) is -3.07. The second-order valence-electron chi connectivity index (χ2n) is 11.4. The van der Waals surface area contributed by atoms with E-state index in [0.717, 1.165) is 0 Å². The molecule has 36 heavy (non-hydrogen) atoms. The number of alkyl halides is 1. The van der Waals surface area contributed by atoms with E-state index in [1.807, 2.05) is 20.8 Å².